The number of esters is 1. The molecule has 7 nitrogen and oxygen atoms in total. The standard InChI is InChI=1S/C37H20F5N3O4S/c1-44-29-8-4-7-23(19-43)31(29)32-28-18-24(38)11-16-30(28)45(50(47,48)25-12-9-20(10-13-25)36(41)42)35(32)22-6-3-5-21(17-22)26-14-15-27(37(46)49-2)34(40)33(26)39/h3-18,36H,2H3. The highest BCUT2D eigenvalue weighted by atomic mass is 32.2. The summed E-state index contributed by atoms with van der Waals surface area (Å²) in [5.41, 5.74) is -1.80. The first kappa shape index (κ1) is 33.6. The van der Waals surface area contributed by atoms with Crippen LogP contribution in [0.25, 0.3) is 49.3 Å². The SMILES string of the molecule is [C-]#[N+]c1cccc(C#N)c1-c1c(-c2cccc(-c3ccc(C(=O)OC)c(F)c3F)c2)n(S(=O)(=O)c2ccc(C(F)F)cc2)c2ccc(F)cc12. The number of methoxy groups -OCH3 is 1. The Kier molecular flexibility index (Phi) is 8.70. The molecular formula is C37H20F5N3O4S. The van der Waals surface area contributed by atoms with Crippen molar-refractivity contribution in [1.29, 1.82) is 5.26 Å². The lowest BCUT2D eigenvalue weighted by Crippen LogP contribution is -2.14. The van der Waals surface area contributed by atoms with Crippen LogP contribution in [-0.4, -0.2) is 25.5 Å². The first-order valence-corrected chi connectivity index (χ1v) is 15.9. The number of ether oxygens (including phenoxy) is 1. The largest absolute Gasteiger partial charge is 0.465 e. The fourth-order valence-electron chi connectivity index (χ4n) is 5.75. The van der Waals surface area contributed by atoms with Gasteiger partial charge in [-0.15, -0.1) is 0 Å². The van der Waals surface area contributed by atoms with Crippen LogP contribution in [0, 0.1) is 35.4 Å². The molecule has 5 aromatic carbocycles. The normalized spacial score (nSPS) is 11.4. The molecule has 13 heteroatoms. The summed E-state index contributed by atoms with van der Waals surface area (Å²) >= 11 is 0. The highest BCUT2D eigenvalue weighted by molar-refractivity contribution is 7.90. The highest BCUT2D eigenvalue weighted by Gasteiger charge is 2.31. The Bertz CT molecular complexity index is 2520. The number of alkyl halides is 2. The number of halogens is 5. The highest BCUT2D eigenvalue weighted by Crippen LogP contribution is 2.48. The van der Waals surface area contributed by atoms with Crippen LogP contribution in [0.2, 0.25) is 0 Å². The Morgan fingerprint density at radius 3 is 2.24 bits per heavy atom. The number of hydrogen-bond donors (Lipinski definition) is 0. The van der Waals surface area contributed by atoms with Crippen molar-refractivity contribution in [2.45, 2.75) is 11.3 Å². The van der Waals surface area contributed by atoms with E-state index in [0.717, 1.165) is 59.6 Å². The molecule has 0 fully saturated rings. The van der Waals surface area contributed by atoms with Gasteiger partial charge in [-0.25, -0.2) is 44.0 Å². The molecule has 0 unspecified atom stereocenters. The fourth-order valence-corrected chi connectivity index (χ4v) is 7.30. The van der Waals surface area contributed by atoms with E-state index < -0.39 is 55.9 Å². The predicted octanol–water partition coefficient (Wildman–Crippen LogP) is 9.44. The summed E-state index contributed by atoms with van der Waals surface area (Å²) in [6, 6.07) is 21.1. The molecule has 0 radical (unpaired) electrons. The Hall–Kier alpha value is -6.31. The van der Waals surface area contributed by atoms with E-state index in [2.05, 4.69) is 9.58 Å². The third-order valence-electron chi connectivity index (χ3n) is 8.02. The van der Waals surface area contributed by atoms with Crippen LogP contribution < -0.4 is 0 Å². The molecule has 1 heterocycles. The van der Waals surface area contributed by atoms with E-state index in [1.807, 2.05) is 6.07 Å². The lowest BCUT2D eigenvalue weighted by molar-refractivity contribution is 0.0594. The smallest absolute Gasteiger partial charge is 0.340 e. The van der Waals surface area contributed by atoms with Gasteiger partial charge in [0, 0.05) is 38.8 Å². The second-order valence-electron chi connectivity index (χ2n) is 10.8. The average Bonchev–Trinajstić information content (AvgIpc) is 3.46. The summed E-state index contributed by atoms with van der Waals surface area (Å²) in [6.07, 6.45) is -2.88. The maximum atomic E-state index is 15.5. The summed E-state index contributed by atoms with van der Waals surface area (Å²) in [5.74, 6) is -4.77. The molecule has 6 rings (SSSR count). The minimum atomic E-state index is -4.73. The number of hydrogen-bond acceptors (Lipinski definition) is 5. The minimum absolute atomic E-state index is 0.0227. The molecule has 0 saturated carbocycles. The molecule has 1 aromatic heterocycles. The number of carbonyl (C=O) groups is 1. The van der Waals surface area contributed by atoms with E-state index >= 15 is 8.78 Å². The zero-order valence-electron chi connectivity index (χ0n) is 25.6. The van der Waals surface area contributed by atoms with Crippen molar-refractivity contribution >= 4 is 32.6 Å². The summed E-state index contributed by atoms with van der Waals surface area (Å²) in [6.45, 7) is 7.85. The molecule has 248 valence electrons. The Balaban J connectivity index is 1.75. The molecule has 0 aliphatic heterocycles. The van der Waals surface area contributed by atoms with Crippen molar-refractivity contribution in [2.75, 3.05) is 7.11 Å². The zero-order chi connectivity index (χ0) is 35.9. The van der Waals surface area contributed by atoms with Gasteiger partial charge in [-0.05, 0) is 54.1 Å². The van der Waals surface area contributed by atoms with Crippen LogP contribution in [0.5, 0.6) is 0 Å². The number of carbonyl (C=O) groups excluding carboxylic acids is 1. The van der Waals surface area contributed by atoms with Crippen LogP contribution in [0.1, 0.15) is 27.9 Å². The second-order valence-corrected chi connectivity index (χ2v) is 12.6. The number of nitrogens with zero attached hydrogens (tertiary/aromatic N) is 3. The Morgan fingerprint density at radius 1 is 0.880 bits per heavy atom. The number of benzene rings is 5. The molecule has 0 aliphatic rings. The van der Waals surface area contributed by atoms with Crippen LogP contribution in [-0.2, 0) is 14.8 Å². The number of fused-ring (bicyclic) bond motifs is 1. The van der Waals surface area contributed by atoms with Crippen LogP contribution >= 0.6 is 0 Å². The van der Waals surface area contributed by atoms with Gasteiger partial charge in [0.15, 0.2) is 17.3 Å². The average molecular weight is 698 g/mol. The third kappa shape index (κ3) is 5.53. The van der Waals surface area contributed by atoms with Crippen molar-refractivity contribution < 1.29 is 39.9 Å². The maximum absolute atomic E-state index is 15.5. The first-order valence-electron chi connectivity index (χ1n) is 14.5. The molecule has 0 aliphatic carbocycles. The van der Waals surface area contributed by atoms with Gasteiger partial charge in [-0.1, -0.05) is 48.5 Å². The quantitative estimate of drug-likeness (QED) is 0.0942. The lowest BCUT2D eigenvalue weighted by atomic mass is 9.92. The van der Waals surface area contributed by atoms with Crippen molar-refractivity contribution in [1.82, 2.24) is 3.97 Å². The minimum Gasteiger partial charge on any atom is -0.465 e. The fraction of sp³-hybridized carbons (Fsp3) is 0.0541. The second kappa shape index (κ2) is 13.0. The Labute approximate surface area is 281 Å². The summed E-state index contributed by atoms with van der Waals surface area (Å²) < 4.78 is 107. The molecule has 0 spiro atoms. The van der Waals surface area contributed by atoms with Crippen LogP contribution in [0.3, 0.4) is 0 Å². The number of rotatable bonds is 7. The van der Waals surface area contributed by atoms with Gasteiger partial charge in [-0.2, -0.15) is 5.26 Å². The van der Waals surface area contributed by atoms with Gasteiger partial charge in [0.1, 0.15) is 5.82 Å². The maximum Gasteiger partial charge on any atom is 0.340 e. The molecule has 0 amide bonds. The summed E-state index contributed by atoms with van der Waals surface area (Å²) in [7, 11) is -3.73. The van der Waals surface area contributed by atoms with Crippen molar-refractivity contribution in [3.8, 4) is 39.6 Å². The van der Waals surface area contributed by atoms with E-state index in [1.165, 1.54) is 48.5 Å². The molecule has 0 bridgehead atoms. The van der Waals surface area contributed by atoms with Gasteiger partial charge in [-0.3, -0.25) is 0 Å². The van der Waals surface area contributed by atoms with Gasteiger partial charge in [0.05, 0.1) is 41.4 Å². The van der Waals surface area contributed by atoms with Crippen LogP contribution in [0.4, 0.5) is 27.6 Å². The molecule has 0 saturated heterocycles. The van der Waals surface area contributed by atoms with Gasteiger partial charge in [0.25, 0.3) is 16.4 Å². The Morgan fingerprint density at radius 2 is 1.58 bits per heavy atom. The molecule has 50 heavy (non-hydrogen) atoms. The van der Waals surface area contributed by atoms with Crippen molar-refractivity contribution in [2.24, 2.45) is 0 Å². The van der Waals surface area contributed by atoms with Gasteiger partial charge in [0.2, 0.25) is 0 Å². The molecule has 0 N–H and O–H groups in total. The van der Waals surface area contributed by atoms with E-state index in [0.29, 0.717) is 0 Å². The zero-order valence-corrected chi connectivity index (χ0v) is 26.4. The van der Waals surface area contributed by atoms with E-state index in [4.69, 9.17) is 6.57 Å². The summed E-state index contributed by atoms with van der Waals surface area (Å²) in [5, 5.41) is 10.1. The van der Waals surface area contributed by atoms with Gasteiger partial charge >= 0.3 is 5.97 Å². The van der Waals surface area contributed by atoms with Crippen molar-refractivity contribution in [3.05, 3.63) is 143 Å². The summed E-state index contributed by atoms with van der Waals surface area (Å²) in [4.78, 5) is 15.1. The molecular weight excluding hydrogens is 677 g/mol. The molecule has 0 atom stereocenters. The topological polar surface area (TPSA) is 93.5 Å². The predicted molar refractivity (Wildman–Crippen MR) is 174 cm³/mol. The van der Waals surface area contributed by atoms with E-state index in [-0.39, 0.29) is 55.7 Å². The lowest BCUT2D eigenvalue weighted by Gasteiger charge is -2.16. The van der Waals surface area contributed by atoms with Crippen LogP contribution in [0.15, 0.2) is 102 Å². The van der Waals surface area contributed by atoms with E-state index in [9.17, 15) is 31.6 Å². The first-order chi connectivity index (χ1) is 23.9. The number of nitriles is 1. The van der Waals surface area contributed by atoms with E-state index in [1.54, 1.807) is 0 Å². The number of aromatic nitrogens is 1. The third-order valence-corrected chi connectivity index (χ3v) is 9.75. The van der Waals surface area contributed by atoms with Gasteiger partial charge < -0.3 is 4.74 Å². The van der Waals surface area contributed by atoms with Crippen molar-refractivity contribution in [3.63, 3.8) is 0 Å². The molecule has 6 aromatic rings. The monoisotopic (exact) mass is 697 g/mol.